The highest BCUT2D eigenvalue weighted by atomic mass is 16.5. The number of carbonyl (C=O) groups is 1. The summed E-state index contributed by atoms with van der Waals surface area (Å²) in [4.78, 5) is 13.7. The Morgan fingerprint density at radius 1 is 1.42 bits per heavy atom. The maximum absolute atomic E-state index is 12.0. The van der Waals surface area contributed by atoms with E-state index in [1.54, 1.807) is 11.0 Å². The molecule has 0 N–H and O–H groups in total. The molecule has 1 amide bonds. The summed E-state index contributed by atoms with van der Waals surface area (Å²) >= 11 is 0. The minimum Gasteiger partial charge on any atom is -0.369 e. The molecule has 0 aliphatic rings. The number of hydrogen-bond acceptors (Lipinski definition) is 3. The Balaban J connectivity index is 2.71. The van der Waals surface area contributed by atoms with Gasteiger partial charge in [0.2, 0.25) is 5.91 Å². The first-order chi connectivity index (χ1) is 9.08. The molecule has 1 aromatic rings. The van der Waals surface area contributed by atoms with Gasteiger partial charge < -0.3 is 9.64 Å². The van der Waals surface area contributed by atoms with Crippen molar-refractivity contribution in [1.82, 2.24) is 4.90 Å². The van der Waals surface area contributed by atoms with E-state index in [1.165, 1.54) is 0 Å². The fraction of sp³-hybridized carbons (Fsp3) is 0.467. The largest absolute Gasteiger partial charge is 0.369 e. The van der Waals surface area contributed by atoms with Crippen LogP contribution in [0.4, 0.5) is 0 Å². The summed E-state index contributed by atoms with van der Waals surface area (Å²) in [6.07, 6.45) is 0.0362. The fourth-order valence-corrected chi connectivity index (χ4v) is 1.68. The first kappa shape index (κ1) is 15.2. The molecule has 4 nitrogen and oxygen atoms in total. The van der Waals surface area contributed by atoms with Crippen molar-refractivity contribution in [2.24, 2.45) is 0 Å². The van der Waals surface area contributed by atoms with Crippen LogP contribution in [0.15, 0.2) is 24.3 Å². The van der Waals surface area contributed by atoms with Crippen LogP contribution in [-0.4, -0.2) is 30.1 Å². The Morgan fingerprint density at radius 2 is 2.11 bits per heavy atom. The molecule has 0 heterocycles. The number of hydrogen-bond donors (Lipinski definition) is 0. The molecule has 0 fully saturated rings. The molecule has 0 radical (unpaired) electrons. The van der Waals surface area contributed by atoms with Gasteiger partial charge >= 0.3 is 0 Å². The number of amides is 1. The van der Waals surface area contributed by atoms with E-state index in [9.17, 15) is 4.79 Å². The van der Waals surface area contributed by atoms with E-state index in [1.807, 2.05) is 39.0 Å². The molecular weight excluding hydrogens is 240 g/mol. The summed E-state index contributed by atoms with van der Waals surface area (Å²) in [5.74, 6) is -0.0519. The van der Waals surface area contributed by atoms with Crippen LogP contribution in [0.25, 0.3) is 0 Å². The number of nitriles is 1. The zero-order valence-corrected chi connectivity index (χ0v) is 11.7. The standard InChI is InChI=1S/C15H20N2O2/c1-4-17(15(18)11-19-12(2)3)10-14-8-6-5-7-13(14)9-16/h5-8,12H,4,10-11H2,1-3H3. The highest BCUT2D eigenvalue weighted by Crippen LogP contribution is 2.11. The predicted molar refractivity (Wildman–Crippen MR) is 73.3 cm³/mol. The van der Waals surface area contributed by atoms with Gasteiger partial charge in [-0.25, -0.2) is 0 Å². The molecule has 0 aromatic heterocycles. The summed E-state index contributed by atoms with van der Waals surface area (Å²) in [7, 11) is 0. The topological polar surface area (TPSA) is 53.3 Å². The smallest absolute Gasteiger partial charge is 0.248 e. The molecule has 19 heavy (non-hydrogen) atoms. The molecule has 0 unspecified atom stereocenters. The summed E-state index contributed by atoms with van der Waals surface area (Å²) in [6, 6.07) is 9.48. The molecule has 0 atom stereocenters. The first-order valence-corrected chi connectivity index (χ1v) is 6.45. The van der Waals surface area contributed by atoms with Crippen LogP contribution in [0.1, 0.15) is 31.9 Å². The van der Waals surface area contributed by atoms with E-state index >= 15 is 0 Å². The molecular formula is C15H20N2O2. The number of likely N-dealkylation sites (N-methyl/N-ethyl adjacent to an activating group) is 1. The van der Waals surface area contributed by atoms with Crippen LogP contribution in [0.5, 0.6) is 0 Å². The quantitative estimate of drug-likeness (QED) is 0.788. The van der Waals surface area contributed by atoms with Gasteiger partial charge in [-0.2, -0.15) is 5.26 Å². The Bertz CT molecular complexity index is 463. The predicted octanol–water partition coefficient (Wildman–Crippen LogP) is 2.33. The lowest BCUT2D eigenvalue weighted by Crippen LogP contribution is -2.34. The van der Waals surface area contributed by atoms with Crippen molar-refractivity contribution in [3.05, 3.63) is 35.4 Å². The van der Waals surface area contributed by atoms with Crippen molar-refractivity contribution in [3.8, 4) is 6.07 Å². The molecule has 1 aromatic carbocycles. The average molecular weight is 260 g/mol. The first-order valence-electron chi connectivity index (χ1n) is 6.45. The van der Waals surface area contributed by atoms with Crippen molar-refractivity contribution < 1.29 is 9.53 Å². The van der Waals surface area contributed by atoms with Gasteiger partial charge in [0.1, 0.15) is 6.61 Å². The van der Waals surface area contributed by atoms with Gasteiger partial charge in [-0.3, -0.25) is 4.79 Å². The molecule has 1 rings (SSSR count). The van der Waals surface area contributed by atoms with E-state index in [4.69, 9.17) is 10.00 Å². The normalized spacial score (nSPS) is 10.3. The Labute approximate surface area is 114 Å². The minimum atomic E-state index is -0.0519. The van der Waals surface area contributed by atoms with Crippen molar-refractivity contribution in [3.63, 3.8) is 0 Å². The van der Waals surface area contributed by atoms with Crippen molar-refractivity contribution in [2.75, 3.05) is 13.2 Å². The minimum absolute atomic E-state index is 0.0362. The Kier molecular flexibility index (Phi) is 6.04. The lowest BCUT2D eigenvalue weighted by Gasteiger charge is -2.22. The Morgan fingerprint density at radius 3 is 2.68 bits per heavy atom. The molecule has 0 spiro atoms. The van der Waals surface area contributed by atoms with E-state index < -0.39 is 0 Å². The number of benzene rings is 1. The van der Waals surface area contributed by atoms with Gasteiger partial charge in [0.15, 0.2) is 0 Å². The summed E-state index contributed by atoms with van der Waals surface area (Å²) in [6.45, 7) is 6.84. The summed E-state index contributed by atoms with van der Waals surface area (Å²) in [5.41, 5.74) is 1.48. The van der Waals surface area contributed by atoms with E-state index in [0.29, 0.717) is 18.7 Å². The van der Waals surface area contributed by atoms with Crippen molar-refractivity contribution in [1.29, 1.82) is 5.26 Å². The third kappa shape index (κ3) is 4.72. The zero-order valence-electron chi connectivity index (χ0n) is 11.7. The molecule has 0 saturated carbocycles. The maximum atomic E-state index is 12.0. The third-order valence-corrected chi connectivity index (χ3v) is 2.77. The van der Waals surface area contributed by atoms with Gasteiger partial charge in [0, 0.05) is 13.1 Å². The SMILES string of the molecule is CCN(Cc1ccccc1C#N)C(=O)COC(C)C. The van der Waals surface area contributed by atoms with Crippen LogP contribution in [0.3, 0.4) is 0 Å². The van der Waals surface area contributed by atoms with Crippen molar-refractivity contribution in [2.45, 2.75) is 33.4 Å². The van der Waals surface area contributed by atoms with Crippen LogP contribution in [0, 0.1) is 11.3 Å². The van der Waals surface area contributed by atoms with Gasteiger partial charge in [-0.1, -0.05) is 18.2 Å². The zero-order chi connectivity index (χ0) is 14.3. The molecule has 0 aliphatic heterocycles. The maximum Gasteiger partial charge on any atom is 0.248 e. The average Bonchev–Trinajstić information content (AvgIpc) is 2.42. The molecule has 0 bridgehead atoms. The molecule has 0 saturated heterocycles. The molecule has 102 valence electrons. The molecule has 0 aliphatic carbocycles. The van der Waals surface area contributed by atoms with Gasteiger partial charge in [0.05, 0.1) is 17.7 Å². The Hall–Kier alpha value is -1.86. The van der Waals surface area contributed by atoms with Crippen LogP contribution in [0.2, 0.25) is 0 Å². The number of rotatable bonds is 6. The lowest BCUT2D eigenvalue weighted by molar-refractivity contribution is -0.138. The highest BCUT2D eigenvalue weighted by molar-refractivity contribution is 5.77. The second-order valence-electron chi connectivity index (χ2n) is 4.54. The van der Waals surface area contributed by atoms with Gasteiger partial charge in [0.25, 0.3) is 0 Å². The second kappa shape index (κ2) is 7.55. The van der Waals surface area contributed by atoms with Crippen LogP contribution in [-0.2, 0) is 16.1 Å². The second-order valence-corrected chi connectivity index (χ2v) is 4.54. The van der Waals surface area contributed by atoms with Crippen molar-refractivity contribution >= 4 is 5.91 Å². The van der Waals surface area contributed by atoms with Gasteiger partial charge in [-0.15, -0.1) is 0 Å². The summed E-state index contributed by atoms with van der Waals surface area (Å²) < 4.78 is 5.32. The van der Waals surface area contributed by atoms with E-state index in [-0.39, 0.29) is 18.6 Å². The monoisotopic (exact) mass is 260 g/mol. The lowest BCUT2D eigenvalue weighted by atomic mass is 10.1. The number of carbonyl (C=O) groups excluding carboxylic acids is 1. The van der Waals surface area contributed by atoms with E-state index in [0.717, 1.165) is 5.56 Å². The summed E-state index contributed by atoms with van der Waals surface area (Å²) in [5, 5.41) is 9.04. The fourth-order valence-electron chi connectivity index (χ4n) is 1.68. The number of nitrogens with zero attached hydrogens (tertiary/aromatic N) is 2. The highest BCUT2D eigenvalue weighted by Gasteiger charge is 2.14. The van der Waals surface area contributed by atoms with Crippen LogP contribution >= 0.6 is 0 Å². The molecule has 4 heteroatoms. The van der Waals surface area contributed by atoms with Gasteiger partial charge in [-0.05, 0) is 32.4 Å². The third-order valence-electron chi connectivity index (χ3n) is 2.77. The van der Waals surface area contributed by atoms with E-state index in [2.05, 4.69) is 6.07 Å². The van der Waals surface area contributed by atoms with Crippen LogP contribution < -0.4 is 0 Å². The number of ether oxygens (including phenoxy) is 1.